The number of ether oxygens (including phenoxy) is 1. The zero-order valence-corrected chi connectivity index (χ0v) is 10.2. The third-order valence-electron chi connectivity index (χ3n) is 2.78. The van der Waals surface area contributed by atoms with Crippen LogP contribution in [-0.2, 0) is 0 Å². The van der Waals surface area contributed by atoms with Gasteiger partial charge in [0, 0.05) is 11.1 Å². The second-order valence-electron chi connectivity index (χ2n) is 3.85. The highest BCUT2D eigenvalue weighted by Gasteiger charge is 2.11. The van der Waals surface area contributed by atoms with Crippen molar-refractivity contribution in [1.29, 1.82) is 0 Å². The average Bonchev–Trinajstić information content (AvgIpc) is 2.46. The van der Waals surface area contributed by atoms with E-state index in [9.17, 15) is 4.79 Å². The lowest BCUT2D eigenvalue weighted by Gasteiger charge is -2.06. The fraction of sp³-hybridized carbons (Fsp3) is 0.0625. The summed E-state index contributed by atoms with van der Waals surface area (Å²) in [5.74, 6) is 0.733. The van der Waals surface area contributed by atoms with Gasteiger partial charge in [0.2, 0.25) is 0 Å². The second kappa shape index (κ2) is 5.32. The van der Waals surface area contributed by atoms with Crippen molar-refractivity contribution in [2.45, 2.75) is 0 Å². The third-order valence-corrected chi connectivity index (χ3v) is 2.78. The Balaban J connectivity index is 2.38. The molecule has 2 nitrogen and oxygen atoms in total. The van der Waals surface area contributed by atoms with Gasteiger partial charge in [-0.2, -0.15) is 0 Å². The van der Waals surface area contributed by atoms with Crippen LogP contribution >= 0.6 is 0 Å². The normalized spacial score (nSPS) is 9.83. The molecule has 0 N–H and O–H groups in total. The summed E-state index contributed by atoms with van der Waals surface area (Å²) in [5, 5.41) is 0. The number of hydrogen-bond acceptors (Lipinski definition) is 2. The smallest absolute Gasteiger partial charge is 0.193 e. The van der Waals surface area contributed by atoms with Gasteiger partial charge in [-0.25, -0.2) is 0 Å². The van der Waals surface area contributed by atoms with Crippen molar-refractivity contribution in [3.05, 3.63) is 71.8 Å². The van der Waals surface area contributed by atoms with E-state index >= 15 is 0 Å². The van der Waals surface area contributed by atoms with E-state index in [-0.39, 0.29) is 5.78 Å². The van der Waals surface area contributed by atoms with E-state index in [4.69, 9.17) is 4.74 Å². The molecule has 90 valence electrons. The van der Waals surface area contributed by atoms with E-state index < -0.39 is 0 Å². The lowest BCUT2D eigenvalue weighted by molar-refractivity contribution is 0.103. The van der Waals surface area contributed by atoms with Crippen molar-refractivity contribution < 1.29 is 9.53 Å². The average molecular weight is 238 g/mol. The van der Waals surface area contributed by atoms with Crippen LogP contribution in [0.15, 0.2) is 55.1 Å². The second-order valence-corrected chi connectivity index (χ2v) is 3.85. The Bertz CT molecular complexity index is 568. The van der Waals surface area contributed by atoms with Crippen molar-refractivity contribution in [3.8, 4) is 5.75 Å². The highest BCUT2D eigenvalue weighted by atomic mass is 16.5. The highest BCUT2D eigenvalue weighted by molar-refractivity contribution is 6.11. The van der Waals surface area contributed by atoms with Crippen LogP contribution in [0.2, 0.25) is 0 Å². The number of carbonyl (C=O) groups is 1. The summed E-state index contributed by atoms with van der Waals surface area (Å²) in [6.45, 7) is 3.72. The molecule has 0 unspecified atom stereocenters. The van der Waals surface area contributed by atoms with Crippen LogP contribution in [0.1, 0.15) is 21.5 Å². The number of benzene rings is 2. The molecule has 0 aliphatic rings. The molecule has 2 rings (SSSR count). The SMILES string of the molecule is C=Cc1ccccc1C(=O)c1ccc(OC)cc1. The topological polar surface area (TPSA) is 26.3 Å². The van der Waals surface area contributed by atoms with E-state index in [1.807, 2.05) is 24.3 Å². The number of ketones is 1. The molecule has 0 aromatic heterocycles. The molecular weight excluding hydrogens is 224 g/mol. The summed E-state index contributed by atoms with van der Waals surface area (Å²) in [6.07, 6.45) is 1.69. The van der Waals surface area contributed by atoms with Gasteiger partial charge in [-0.05, 0) is 29.8 Å². The molecule has 0 aliphatic heterocycles. The molecule has 0 radical (unpaired) electrons. The minimum Gasteiger partial charge on any atom is -0.497 e. The molecule has 0 fully saturated rings. The molecular formula is C16H14O2. The molecule has 2 heteroatoms. The molecule has 0 spiro atoms. The summed E-state index contributed by atoms with van der Waals surface area (Å²) in [4.78, 5) is 12.3. The predicted molar refractivity (Wildman–Crippen MR) is 73.0 cm³/mol. The minimum absolute atomic E-state index is 0.00634. The molecule has 0 atom stereocenters. The number of methoxy groups -OCH3 is 1. The highest BCUT2D eigenvalue weighted by Crippen LogP contribution is 2.18. The Kier molecular flexibility index (Phi) is 3.58. The molecule has 2 aromatic carbocycles. The lowest BCUT2D eigenvalue weighted by Crippen LogP contribution is -2.03. The fourth-order valence-corrected chi connectivity index (χ4v) is 1.78. The zero-order chi connectivity index (χ0) is 13.0. The molecule has 2 aromatic rings. The maximum Gasteiger partial charge on any atom is 0.193 e. The Morgan fingerprint density at radius 1 is 1.11 bits per heavy atom. The molecule has 0 saturated heterocycles. The summed E-state index contributed by atoms with van der Waals surface area (Å²) < 4.78 is 5.07. The zero-order valence-electron chi connectivity index (χ0n) is 10.2. The number of hydrogen-bond donors (Lipinski definition) is 0. The molecule has 0 heterocycles. The molecule has 0 saturated carbocycles. The Labute approximate surface area is 107 Å². The van der Waals surface area contributed by atoms with Crippen LogP contribution in [0.25, 0.3) is 6.08 Å². The predicted octanol–water partition coefficient (Wildman–Crippen LogP) is 3.57. The van der Waals surface area contributed by atoms with Crippen LogP contribution in [0.4, 0.5) is 0 Å². The van der Waals surface area contributed by atoms with Gasteiger partial charge in [0.05, 0.1) is 7.11 Å². The number of carbonyl (C=O) groups excluding carboxylic acids is 1. The Hall–Kier alpha value is -2.35. The first-order valence-electron chi connectivity index (χ1n) is 5.66. The van der Waals surface area contributed by atoms with Crippen molar-refractivity contribution in [3.63, 3.8) is 0 Å². The monoisotopic (exact) mass is 238 g/mol. The third kappa shape index (κ3) is 2.33. The van der Waals surface area contributed by atoms with Crippen LogP contribution in [-0.4, -0.2) is 12.9 Å². The number of rotatable bonds is 4. The van der Waals surface area contributed by atoms with Gasteiger partial charge in [-0.15, -0.1) is 0 Å². The largest absolute Gasteiger partial charge is 0.497 e. The van der Waals surface area contributed by atoms with E-state index in [0.717, 1.165) is 11.3 Å². The first kappa shape index (κ1) is 12.1. The van der Waals surface area contributed by atoms with E-state index in [0.29, 0.717) is 11.1 Å². The quantitative estimate of drug-likeness (QED) is 0.761. The van der Waals surface area contributed by atoms with Gasteiger partial charge >= 0.3 is 0 Å². The first-order valence-corrected chi connectivity index (χ1v) is 5.66. The van der Waals surface area contributed by atoms with Crippen molar-refractivity contribution >= 4 is 11.9 Å². The van der Waals surface area contributed by atoms with Crippen molar-refractivity contribution in [2.75, 3.05) is 7.11 Å². The first-order chi connectivity index (χ1) is 8.76. The molecule has 0 aliphatic carbocycles. The van der Waals surface area contributed by atoms with E-state index in [2.05, 4.69) is 6.58 Å². The van der Waals surface area contributed by atoms with Gasteiger partial charge in [0.15, 0.2) is 5.78 Å². The lowest BCUT2D eigenvalue weighted by atomic mass is 9.98. The standard InChI is InChI=1S/C16H14O2/c1-3-12-6-4-5-7-15(12)16(17)13-8-10-14(18-2)11-9-13/h3-11H,1H2,2H3. The maximum absolute atomic E-state index is 12.3. The van der Waals surface area contributed by atoms with Crippen LogP contribution < -0.4 is 4.74 Å². The van der Waals surface area contributed by atoms with Gasteiger partial charge in [0.25, 0.3) is 0 Å². The summed E-state index contributed by atoms with van der Waals surface area (Å²) in [5.41, 5.74) is 2.15. The van der Waals surface area contributed by atoms with Crippen molar-refractivity contribution in [2.24, 2.45) is 0 Å². The fourth-order valence-electron chi connectivity index (χ4n) is 1.78. The Morgan fingerprint density at radius 2 is 1.78 bits per heavy atom. The summed E-state index contributed by atoms with van der Waals surface area (Å²) in [6, 6.07) is 14.5. The molecule has 0 amide bonds. The van der Waals surface area contributed by atoms with Crippen LogP contribution in [0.3, 0.4) is 0 Å². The maximum atomic E-state index is 12.3. The van der Waals surface area contributed by atoms with E-state index in [1.54, 1.807) is 37.5 Å². The van der Waals surface area contributed by atoms with Gasteiger partial charge in [0.1, 0.15) is 5.75 Å². The Morgan fingerprint density at radius 3 is 2.39 bits per heavy atom. The van der Waals surface area contributed by atoms with Crippen LogP contribution in [0.5, 0.6) is 5.75 Å². The van der Waals surface area contributed by atoms with Gasteiger partial charge in [-0.1, -0.05) is 36.9 Å². The summed E-state index contributed by atoms with van der Waals surface area (Å²) in [7, 11) is 1.60. The van der Waals surface area contributed by atoms with Gasteiger partial charge < -0.3 is 4.74 Å². The molecule has 18 heavy (non-hydrogen) atoms. The summed E-state index contributed by atoms with van der Waals surface area (Å²) >= 11 is 0. The van der Waals surface area contributed by atoms with Gasteiger partial charge in [-0.3, -0.25) is 4.79 Å². The molecule has 0 bridgehead atoms. The van der Waals surface area contributed by atoms with Crippen LogP contribution in [0, 0.1) is 0 Å². The van der Waals surface area contributed by atoms with E-state index in [1.165, 1.54) is 0 Å². The van der Waals surface area contributed by atoms with Crippen molar-refractivity contribution in [1.82, 2.24) is 0 Å². The minimum atomic E-state index is -0.00634.